The molecule has 0 fully saturated rings. The number of carbonyl (C=O) groups is 12. The Morgan fingerprint density at radius 1 is 0.302 bits per heavy atom. The van der Waals surface area contributed by atoms with Gasteiger partial charge in [-0.05, 0) is 107 Å². The van der Waals surface area contributed by atoms with Crippen molar-refractivity contribution in [3.8, 4) is 0 Å². The molecular weight excluding hydrogens is 828 g/mol. The molecular formula is C45H68O18. The third kappa shape index (κ3) is 18.2. The molecule has 0 aliphatic rings. The molecule has 18 heteroatoms. The van der Waals surface area contributed by atoms with E-state index in [0.717, 1.165) is 0 Å². The zero-order valence-corrected chi connectivity index (χ0v) is 38.8. The topological polar surface area (TPSA) is 260 Å². The van der Waals surface area contributed by atoms with E-state index in [1.54, 1.807) is 27.7 Å². The minimum absolute atomic E-state index is 0.0555. The molecule has 356 valence electrons. The van der Waals surface area contributed by atoms with Crippen molar-refractivity contribution in [1.29, 1.82) is 0 Å². The lowest BCUT2D eigenvalue weighted by atomic mass is 9.73. The molecule has 0 N–H and O–H groups in total. The second-order valence-corrected chi connectivity index (χ2v) is 15.8. The van der Waals surface area contributed by atoms with Gasteiger partial charge in [-0.3, -0.25) is 57.5 Å². The SMILES string of the molecule is CCOC(=O)CCC(CCC(=O)OCC(CC)(COC(=O)CCC(CCC(=O)OCC)(C(C)=O)C(C)=O)COC(=O)CCC(CCC(=O)OCC)(C(C)=O)C(C)=O)(C(C)=O)C(C)=O. The van der Waals surface area contributed by atoms with Crippen molar-refractivity contribution < 1.29 is 86.0 Å². The Morgan fingerprint density at radius 3 is 0.619 bits per heavy atom. The summed E-state index contributed by atoms with van der Waals surface area (Å²) >= 11 is 0. The van der Waals surface area contributed by atoms with Crippen molar-refractivity contribution >= 4 is 70.5 Å². The van der Waals surface area contributed by atoms with Gasteiger partial charge in [0, 0.05) is 38.5 Å². The molecule has 0 saturated carbocycles. The maximum atomic E-state index is 13.3. The van der Waals surface area contributed by atoms with Gasteiger partial charge >= 0.3 is 35.8 Å². The van der Waals surface area contributed by atoms with E-state index in [-0.39, 0.29) is 84.0 Å². The van der Waals surface area contributed by atoms with Crippen LogP contribution in [0.3, 0.4) is 0 Å². The van der Waals surface area contributed by atoms with E-state index in [9.17, 15) is 57.5 Å². The summed E-state index contributed by atoms with van der Waals surface area (Å²) in [5, 5.41) is 0. The molecule has 0 unspecified atom stereocenters. The molecule has 0 atom stereocenters. The van der Waals surface area contributed by atoms with Gasteiger partial charge in [0.25, 0.3) is 0 Å². The van der Waals surface area contributed by atoms with Crippen molar-refractivity contribution in [2.45, 2.75) is 153 Å². The first-order valence-electron chi connectivity index (χ1n) is 21.4. The first kappa shape index (κ1) is 57.8. The van der Waals surface area contributed by atoms with E-state index in [1.807, 2.05) is 0 Å². The Hall–Kier alpha value is -5.16. The highest BCUT2D eigenvalue weighted by Crippen LogP contribution is 2.36. The summed E-state index contributed by atoms with van der Waals surface area (Å²) in [7, 11) is 0. The minimum Gasteiger partial charge on any atom is -0.466 e. The van der Waals surface area contributed by atoms with E-state index in [4.69, 9.17) is 28.4 Å². The standard InChI is InChI=1S/C45H68O18/c1-11-42(27-61-39(55)18-24-43(30(5)46,31(6)47)21-15-36(52)58-12-2,28-62-40(56)19-25-44(32(7)48,33(8)49)22-16-37(53)59-13-3)29-63-41(57)20-26-45(34(9)50,35(10)51)23-17-38(54)60-14-4/h11-29H2,1-10H3. The van der Waals surface area contributed by atoms with Gasteiger partial charge in [0.05, 0.1) is 41.5 Å². The Kier molecular flexibility index (Phi) is 25.5. The van der Waals surface area contributed by atoms with Gasteiger partial charge in [-0.1, -0.05) is 6.92 Å². The van der Waals surface area contributed by atoms with Crippen LogP contribution in [-0.2, 0) is 86.0 Å². The lowest BCUT2D eigenvalue weighted by molar-refractivity contribution is -0.163. The molecule has 0 aromatic rings. The second-order valence-electron chi connectivity index (χ2n) is 15.8. The summed E-state index contributed by atoms with van der Waals surface area (Å²) in [5.41, 5.74) is -6.48. The van der Waals surface area contributed by atoms with Gasteiger partial charge in [-0.15, -0.1) is 0 Å². The predicted octanol–water partition coefficient (Wildman–Crippen LogP) is 4.88. The Balaban J connectivity index is 6.44. The second kappa shape index (κ2) is 27.8. The Bertz CT molecular complexity index is 1440. The zero-order valence-electron chi connectivity index (χ0n) is 38.8. The molecule has 63 heavy (non-hydrogen) atoms. The first-order valence-corrected chi connectivity index (χ1v) is 21.4. The molecule has 0 bridgehead atoms. The molecule has 0 amide bonds. The zero-order chi connectivity index (χ0) is 48.6. The number of hydrogen-bond donors (Lipinski definition) is 0. The van der Waals surface area contributed by atoms with E-state index in [1.165, 1.54) is 41.5 Å². The summed E-state index contributed by atoms with van der Waals surface area (Å²) in [6.07, 6.45) is -3.57. The number of Topliss-reactive ketones (excluding diaryl/α,β-unsaturated/α-hetero) is 6. The van der Waals surface area contributed by atoms with Crippen molar-refractivity contribution in [3.63, 3.8) is 0 Å². The van der Waals surface area contributed by atoms with Gasteiger partial charge in [0.1, 0.15) is 54.5 Å². The number of hydrogen-bond acceptors (Lipinski definition) is 18. The minimum atomic E-state index is -1.69. The monoisotopic (exact) mass is 896 g/mol. The maximum absolute atomic E-state index is 13.3. The van der Waals surface area contributed by atoms with Gasteiger partial charge < -0.3 is 28.4 Å². The average Bonchev–Trinajstić information content (AvgIpc) is 3.20. The summed E-state index contributed by atoms with van der Waals surface area (Å²) in [4.78, 5) is 153. The van der Waals surface area contributed by atoms with Crippen LogP contribution < -0.4 is 0 Å². The number of ether oxygens (including phenoxy) is 6. The number of carbonyl (C=O) groups excluding carboxylic acids is 12. The predicted molar refractivity (Wildman–Crippen MR) is 222 cm³/mol. The van der Waals surface area contributed by atoms with Crippen molar-refractivity contribution in [1.82, 2.24) is 0 Å². The van der Waals surface area contributed by atoms with Crippen LogP contribution in [0.5, 0.6) is 0 Å². The molecule has 0 rings (SSSR count). The molecule has 0 aromatic carbocycles. The largest absolute Gasteiger partial charge is 0.466 e. The van der Waals surface area contributed by atoms with Crippen LogP contribution in [0.25, 0.3) is 0 Å². The van der Waals surface area contributed by atoms with Crippen LogP contribution in [0.2, 0.25) is 0 Å². The lowest BCUT2D eigenvalue weighted by Crippen LogP contribution is -2.41. The highest BCUT2D eigenvalue weighted by molar-refractivity contribution is 6.07. The summed E-state index contributed by atoms with van der Waals surface area (Å²) in [6, 6.07) is 0. The van der Waals surface area contributed by atoms with Crippen LogP contribution >= 0.6 is 0 Å². The molecule has 0 saturated heterocycles. The Labute approximate surface area is 369 Å². The highest BCUT2D eigenvalue weighted by Gasteiger charge is 2.44. The smallest absolute Gasteiger partial charge is 0.305 e. The van der Waals surface area contributed by atoms with E-state index >= 15 is 0 Å². The van der Waals surface area contributed by atoms with Crippen molar-refractivity contribution in [2.24, 2.45) is 21.7 Å². The third-order valence-corrected chi connectivity index (χ3v) is 11.9. The van der Waals surface area contributed by atoms with Crippen LogP contribution in [0.4, 0.5) is 0 Å². The quantitative estimate of drug-likeness (QED) is 0.0474. The fourth-order valence-electron chi connectivity index (χ4n) is 7.17. The number of ketones is 6. The number of esters is 6. The molecule has 0 aliphatic carbocycles. The molecule has 0 heterocycles. The molecule has 0 aromatic heterocycles. The van der Waals surface area contributed by atoms with Gasteiger partial charge in [0.2, 0.25) is 0 Å². The average molecular weight is 897 g/mol. The van der Waals surface area contributed by atoms with E-state index in [0.29, 0.717) is 0 Å². The van der Waals surface area contributed by atoms with Gasteiger partial charge in [-0.25, -0.2) is 0 Å². The van der Waals surface area contributed by atoms with Gasteiger partial charge in [-0.2, -0.15) is 0 Å². The third-order valence-electron chi connectivity index (χ3n) is 11.9. The van der Waals surface area contributed by atoms with E-state index in [2.05, 4.69) is 0 Å². The fourth-order valence-corrected chi connectivity index (χ4v) is 7.17. The van der Waals surface area contributed by atoms with E-state index < -0.39 is 131 Å². The number of rotatable bonds is 34. The fraction of sp³-hybridized carbons (Fsp3) is 0.733. The lowest BCUT2D eigenvalue weighted by Gasteiger charge is -2.32. The van der Waals surface area contributed by atoms with Crippen LogP contribution in [0.1, 0.15) is 153 Å². The normalized spacial score (nSPS) is 11.7. The molecule has 0 spiro atoms. The molecule has 0 radical (unpaired) electrons. The molecule has 0 aliphatic heterocycles. The summed E-state index contributed by atoms with van der Waals surface area (Å²) in [5.74, 6) is -7.89. The molecule has 18 nitrogen and oxygen atoms in total. The van der Waals surface area contributed by atoms with Crippen LogP contribution in [-0.4, -0.2) is 110 Å². The van der Waals surface area contributed by atoms with Crippen LogP contribution in [0.15, 0.2) is 0 Å². The van der Waals surface area contributed by atoms with Gasteiger partial charge in [0.15, 0.2) is 0 Å². The Morgan fingerprint density at radius 2 is 0.476 bits per heavy atom. The van der Waals surface area contributed by atoms with Crippen molar-refractivity contribution in [2.75, 3.05) is 39.6 Å². The van der Waals surface area contributed by atoms with Crippen LogP contribution in [0, 0.1) is 21.7 Å². The summed E-state index contributed by atoms with van der Waals surface area (Å²) < 4.78 is 31.5. The highest BCUT2D eigenvalue weighted by atomic mass is 16.6. The first-order chi connectivity index (χ1) is 29.4. The summed E-state index contributed by atoms with van der Waals surface area (Å²) in [6.45, 7) is 12.2. The maximum Gasteiger partial charge on any atom is 0.305 e. The van der Waals surface area contributed by atoms with Crippen molar-refractivity contribution in [3.05, 3.63) is 0 Å².